The third kappa shape index (κ3) is 2.99. The second-order valence-electron chi connectivity index (χ2n) is 6.26. The van der Waals surface area contributed by atoms with E-state index < -0.39 is 0 Å². The Morgan fingerprint density at radius 1 is 1.10 bits per heavy atom. The van der Waals surface area contributed by atoms with Crippen molar-refractivity contribution < 1.29 is 0 Å². The molecule has 1 aromatic heterocycles. The number of aromatic nitrogens is 2. The van der Waals surface area contributed by atoms with E-state index in [0.29, 0.717) is 6.04 Å². The Morgan fingerprint density at radius 2 is 1.90 bits per heavy atom. The molecule has 0 bridgehead atoms. The van der Waals surface area contributed by atoms with Crippen molar-refractivity contribution >= 4 is 30.8 Å². The normalized spacial score (nSPS) is 26.6. The minimum Gasteiger partial charge on any atom is -0.339 e. The van der Waals surface area contributed by atoms with Crippen LogP contribution in [0.15, 0.2) is 0 Å². The molecular weight excluding hydrogens is 307 g/mol. The van der Waals surface area contributed by atoms with Crippen molar-refractivity contribution in [2.75, 3.05) is 24.5 Å². The van der Waals surface area contributed by atoms with Crippen LogP contribution in [0, 0.1) is 12.8 Å². The first-order chi connectivity index (χ1) is 9.31. The highest BCUT2D eigenvalue weighted by molar-refractivity contribution is 5.85. The summed E-state index contributed by atoms with van der Waals surface area (Å²) in [6, 6.07) is 0.667. The zero-order valence-electron chi connectivity index (χ0n) is 12.5. The van der Waals surface area contributed by atoms with Crippen LogP contribution in [0.1, 0.15) is 36.2 Å². The average molecular weight is 331 g/mol. The Labute approximate surface area is 138 Å². The quantitative estimate of drug-likeness (QED) is 0.857. The van der Waals surface area contributed by atoms with Gasteiger partial charge in [0.05, 0.1) is 0 Å². The van der Waals surface area contributed by atoms with Gasteiger partial charge < -0.3 is 10.2 Å². The van der Waals surface area contributed by atoms with Gasteiger partial charge in [-0.05, 0) is 57.1 Å². The minimum atomic E-state index is 0. The molecule has 2 atom stereocenters. The summed E-state index contributed by atoms with van der Waals surface area (Å²) in [5.74, 6) is 1.79. The van der Waals surface area contributed by atoms with Gasteiger partial charge in [0.2, 0.25) is 5.95 Å². The standard InChI is InChI=1S/C15H22N4.2ClH/c1-10-12-4-2-3-5-13(12)18-15(17-10)19-8-11-6-7-16-14(11)9-19;;/h11,14,16H,2-9H2,1H3;2*1H/t11-,14+;;/m0../s1. The number of aryl methyl sites for hydroxylation is 2. The molecule has 4 rings (SSSR count). The summed E-state index contributed by atoms with van der Waals surface area (Å²) in [5.41, 5.74) is 3.95. The Bertz CT molecular complexity index is 497. The van der Waals surface area contributed by atoms with Crippen molar-refractivity contribution in [3.05, 3.63) is 17.0 Å². The number of hydrogen-bond donors (Lipinski definition) is 1. The fourth-order valence-electron chi connectivity index (χ4n) is 3.92. The highest BCUT2D eigenvalue weighted by Gasteiger charge is 2.37. The molecule has 2 aliphatic heterocycles. The smallest absolute Gasteiger partial charge is 0.225 e. The summed E-state index contributed by atoms with van der Waals surface area (Å²) in [6.07, 6.45) is 6.22. The van der Waals surface area contributed by atoms with E-state index in [-0.39, 0.29) is 24.8 Å². The van der Waals surface area contributed by atoms with Crippen LogP contribution in [0.2, 0.25) is 0 Å². The molecule has 118 valence electrons. The van der Waals surface area contributed by atoms with Gasteiger partial charge in [-0.1, -0.05) is 0 Å². The SMILES string of the molecule is Cc1nc(N2C[C@@H]3CCN[C@@H]3C2)nc2c1CCCC2.Cl.Cl. The molecule has 4 nitrogen and oxygen atoms in total. The molecule has 0 saturated carbocycles. The van der Waals surface area contributed by atoms with Crippen molar-refractivity contribution in [3.63, 3.8) is 0 Å². The summed E-state index contributed by atoms with van der Waals surface area (Å²) in [5, 5.41) is 3.60. The van der Waals surface area contributed by atoms with Crippen molar-refractivity contribution in [1.82, 2.24) is 15.3 Å². The van der Waals surface area contributed by atoms with Crippen LogP contribution >= 0.6 is 24.8 Å². The number of rotatable bonds is 1. The van der Waals surface area contributed by atoms with E-state index in [1.807, 2.05) is 0 Å². The van der Waals surface area contributed by atoms with Crippen molar-refractivity contribution in [2.24, 2.45) is 5.92 Å². The van der Waals surface area contributed by atoms with Crippen LogP contribution in [0.25, 0.3) is 0 Å². The predicted octanol–water partition coefficient (Wildman–Crippen LogP) is 2.31. The molecule has 2 fully saturated rings. The predicted molar refractivity (Wildman–Crippen MR) is 90.0 cm³/mol. The topological polar surface area (TPSA) is 41.1 Å². The number of anilines is 1. The Balaban J connectivity index is 0.000000807. The zero-order valence-corrected chi connectivity index (χ0v) is 14.1. The molecule has 3 heterocycles. The first-order valence-corrected chi connectivity index (χ1v) is 7.66. The maximum atomic E-state index is 4.87. The lowest BCUT2D eigenvalue weighted by Crippen LogP contribution is -2.31. The minimum absolute atomic E-state index is 0. The van der Waals surface area contributed by atoms with Crippen molar-refractivity contribution in [3.8, 4) is 0 Å². The molecule has 1 N–H and O–H groups in total. The van der Waals surface area contributed by atoms with E-state index >= 15 is 0 Å². The number of nitrogens with zero attached hydrogens (tertiary/aromatic N) is 3. The third-order valence-corrected chi connectivity index (χ3v) is 5.02. The number of nitrogens with one attached hydrogen (secondary N) is 1. The molecule has 0 unspecified atom stereocenters. The van der Waals surface area contributed by atoms with Gasteiger partial charge in [0.1, 0.15) is 0 Å². The Hall–Kier alpha value is -0.580. The average Bonchev–Trinajstić information content (AvgIpc) is 2.99. The van der Waals surface area contributed by atoms with Gasteiger partial charge in [0.15, 0.2) is 0 Å². The van der Waals surface area contributed by atoms with Crippen LogP contribution in [0.5, 0.6) is 0 Å². The third-order valence-electron chi connectivity index (χ3n) is 5.02. The first-order valence-electron chi connectivity index (χ1n) is 7.66. The van der Waals surface area contributed by atoms with E-state index in [1.54, 1.807) is 0 Å². The molecule has 1 aliphatic carbocycles. The van der Waals surface area contributed by atoms with Gasteiger partial charge in [0.25, 0.3) is 0 Å². The van der Waals surface area contributed by atoms with Crippen LogP contribution in [0.4, 0.5) is 5.95 Å². The van der Waals surface area contributed by atoms with Crippen LogP contribution < -0.4 is 10.2 Å². The van der Waals surface area contributed by atoms with E-state index in [0.717, 1.165) is 31.4 Å². The Morgan fingerprint density at radius 3 is 2.71 bits per heavy atom. The Kier molecular flexibility index (Phi) is 5.33. The molecule has 3 aliphatic rings. The lowest BCUT2D eigenvalue weighted by atomic mass is 9.95. The van der Waals surface area contributed by atoms with Gasteiger partial charge in [-0.25, -0.2) is 9.97 Å². The van der Waals surface area contributed by atoms with Gasteiger partial charge in [-0.2, -0.15) is 0 Å². The maximum Gasteiger partial charge on any atom is 0.225 e. The molecule has 1 aromatic rings. The van der Waals surface area contributed by atoms with E-state index in [1.165, 1.54) is 49.2 Å². The molecule has 0 radical (unpaired) electrons. The highest BCUT2D eigenvalue weighted by atomic mass is 35.5. The number of hydrogen-bond acceptors (Lipinski definition) is 4. The summed E-state index contributed by atoms with van der Waals surface area (Å²) in [4.78, 5) is 12.0. The molecule has 21 heavy (non-hydrogen) atoms. The van der Waals surface area contributed by atoms with E-state index in [4.69, 9.17) is 9.97 Å². The number of fused-ring (bicyclic) bond motifs is 2. The second kappa shape index (κ2) is 6.67. The van der Waals surface area contributed by atoms with Crippen LogP contribution in [-0.4, -0.2) is 35.6 Å². The van der Waals surface area contributed by atoms with Gasteiger partial charge >= 0.3 is 0 Å². The zero-order chi connectivity index (χ0) is 12.8. The molecular formula is C15H24Cl2N4. The largest absolute Gasteiger partial charge is 0.339 e. The fourth-order valence-corrected chi connectivity index (χ4v) is 3.92. The summed E-state index contributed by atoms with van der Waals surface area (Å²) < 4.78 is 0. The fraction of sp³-hybridized carbons (Fsp3) is 0.733. The molecule has 0 spiro atoms. The monoisotopic (exact) mass is 330 g/mol. The van der Waals surface area contributed by atoms with Gasteiger partial charge in [0, 0.05) is 30.5 Å². The van der Waals surface area contributed by atoms with Crippen LogP contribution in [-0.2, 0) is 12.8 Å². The van der Waals surface area contributed by atoms with E-state index in [2.05, 4.69) is 17.1 Å². The first kappa shape index (κ1) is 16.8. The summed E-state index contributed by atoms with van der Waals surface area (Å²) >= 11 is 0. The van der Waals surface area contributed by atoms with Gasteiger partial charge in [-0.3, -0.25) is 0 Å². The summed E-state index contributed by atoms with van der Waals surface area (Å²) in [6.45, 7) is 5.57. The van der Waals surface area contributed by atoms with Crippen molar-refractivity contribution in [1.29, 1.82) is 0 Å². The van der Waals surface area contributed by atoms with Crippen molar-refractivity contribution in [2.45, 2.75) is 45.1 Å². The highest BCUT2D eigenvalue weighted by Crippen LogP contribution is 2.29. The maximum absolute atomic E-state index is 4.87. The molecule has 6 heteroatoms. The molecule has 2 saturated heterocycles. The second-order valence-corrected chi connectivity index (χ2v) is 6.26. The molecule has 0 aromatic carbocycles. The van der Waals surface area contributed by atoms with E-state index in [9.17, 15) is 0 Å². The lowest BCUT2D eigenvalue weighted by molar-refractivity contribution is 0.556. The van der Waals surface area contributed by atoms with Gasteiger partial charge in [-0.15, -0.1) is 24.8 Å². The van der Waals surface area contributed by atoms with Crippen LogP contribution in [0.3, 0.4) is 0 Å². The summed E-state index contributed by atoms with van der Waals surface area (Å²) in [7, 11) is 0. The molecule has 0 amide bonds. The lowest BCUT2D eigenvalue weighted by Gasteiger charge is -2.22. The number of halogens is 2.